The fourth-order valence-corrected chi connectivity index (χ4v) is 1.28. The monoisotopic (exact) mass is 152 g/mol. The van der Waals surface area contributed by atoms with Gasteiger partial charge in [-0.2, -0.15) is 0 Å². The number of aliphatic hydroxyl groups excluding tert-OH is 1. The Morgan fingerprint density at radius 1 is 1.09 bits per heavy atom. The number of hydrogen-bond donors (Lipinski definition) is 1. The summed E-state index contributed by atoms with van der Waals surface area (Å²) in [5, 5.41) is 9.24. The Balaban J connectivity index is 2.40. The molecule has 0 amide bonds. The highest BCUT2D eigenvalue weighted by Crippen LogP contribution is 2.11. The van der Waals surface area contributed by atoms with Gasteiger partial charge in [0.15, 0.2) is 0 Å². The molecule has 1 rings (SSSR count). The number of allylic oxidation sites excluding steroid dienone is 4. The van der Waals surface area contributed by atoms with Crippen molar-refractivity contribution in [2.45, 2.75) is 38.5 Å². The van der Waals surface area contributed by atoms with Crippen molar-refractivity contribution in [2.24, 2.45) is 0 Å². The summed E-state index contributed by atoms with van der Waals surface area (Å²) in [7, 11) is 0. The molecule has 0 unspecified atom stereocenters. The molecule has 0 bridgehead atoms. The molecule has 0 aromatic carbocycles. The van der Waals surface area contributed by atoms with Gasteiger partial charge in [0.1, 0.15) is 0 Å². The van der Waals surface area contributed by atoms with Crippen LogP contribution in [0.1, 0.15) is 38.5 Å². The van der Waals surface area contributed by atoms with Gasteiger partial charge in [-0.15, -0.1) is 0 Å². The summed E-state index contributed by atoms with van der Waals surface area (Å²) in [5.41, 5.74) is 0. The Morgan fingerprint density at radius 3 is 2.82 bits per heavy atom. The van der Waals surface area contributed by atoms with Gasteiger partial charge in [0, 0.05) is 6.42 Å². The van der Waals surface area contributed by atoms with E-state index >= 15 is 0 Å². The second kappa shape index (κ2) is 5.00. The van der Waals surface area contributed by atoms with Crippen LogP contribution in [0.5, 0.6) is 0 Å². The summed E-state index contributed by atoms with van der Waals surface area (Å²) >= 11 is 0. The van der Waals surface area contributed by atoms with Crippen molar-refractivity contribution in [3.8, 4) is 0 Å². The highest BCUT2D eigenvalue weighted by molar-refractivity contribution is 5.06. The first-order valence-electron chi connectivity index (χ1n) is 4.44. The zero-order chi connectivity index (χ0) is 7.94. The van der Waals surface area contributed by atoms with E-state index in [0.717, 1.165) is 19.3 Å². The lowest BCUT2D eigenvalue weighted by Crippen LogP contribution is -1.84. The molecule has 0 heterocycles. The van der Waals surface area contributed by atoms with Crippen molar-refractivity contribution < 1.29 is 5.11 Å². The fourth-order valence-electron chi connectivity index (χ4n) is 1.28. The van der Waals surface area contributed by atoms with Gasteiger partial charge in [-0.1, -0.05) is 25.0 Å². The van der Waals surface area contributed by atoms with Crippen LogP contribution in [0.2, 0.25) is 0 Å². The van der Waals surface area contributed by atoms with Crippen LogP contribution in [0.4, 0.5) is 0 Å². The largest absolute Gasteiger partial charge is 0.512 e. The maximum Gasteiger partial charge on any atom is 0.0922 e. The van der Waals surface area contributed by atoms with Gasteiger partial charge in [-0.05, 0) is 25.3 Å². The van der Waals surface area contributed by atoms with Crippen LogP contribution in [0.25, 0.3) is 0 Å². The van der Waals surface area contributed by atoms with Gasteiger partial charge in [-0.25, -0.2) is 0 Å². The summed E-state index contributed by atoms with van der Waals surface area (Å²) in [6.45, 7) is 0. The smallest absolute Gasteiger partial charge is 0.0922 e. The lowest BCUT2D eigenvalue weighted by molar-refractivity contribution is 0.380. The second-order valence-corrected chi connectivity index (χ2v) is 3.04. The highest BCUT2D eigenvalue weighted by Gasteiger charge is 1.94. The van der Waals surface area contributed by atoms with Crippen LogP contribution >= 0.6 is 0 Å². The molecule has 62 valence electrons. The zero-order valence-electron chi connectivity index (χ0n) is 6.92. The van der Waals surface area contributed by atoms with Gasteiger partial charge in [0.05, 0.1) is 5.76 Å². The topological polar surface area (TPSA) is 20.2 Å². The third-order valence-electron chi connectivity index (χ3n) is 1.98. The summed E-state index contributed by atoms with van der Waals surface area (Å²) in [5.74, 6) is 0.531. The molecule has 0 saturated heterocycles. The van der Waals surface area contributed by atoms with Crippen LogP contribution in [0.3, 0.4) is 0 Å². The average molecular weight is 152 g/mol. The summed E-state index contributed by atoms with van der Waals surface area (Å²) in [4.78, 5) is 0. The van der Waals surface area contributed by atoms with E-state index in [1.165, 1.54) is 19.3 Å². The first-order valence-corrected chi connectivity index (χ1v) is 4.44. The normalized spacial score (nSPS) is 28.5. The van der Waals surface area contributed by atoms with E-state index in [0.29, 0.717) is 5.76 Å². The Labute approximate surface area is 68.4 Å². The van der Waals surface area contributed by atoms with Crippen LogP contribution in [-0.4, -0.2) is 5.11 Å². The van der Waals surface area contributed by atoms with E-state index < -0.39 is 0 Å². The third kappa shape index (κ3) is 3.87. The third-order valence-corrected chi connectivity index (χ3v) is 1.98. The summed E-state index contributed by atoms with van der Waals surface area (Å²) < 4.78 is 0. The van der Waals surface area contributed by atoms with E-state index in [2.05, 4.69) is 6.08 Å². The van der Waals surface area contributed by atoms with Crippen LogP contribution in [0, 0.1) is 0 Å². The molecule has 0 saturated carbocycles. The minimum absolute atomic E-state index is 0.531. The first-order chi connectivity index (χ1) is 5.39. The van der Waals surface area contributed by atoms with Crippen molar-refractivity contribution in [1.29, 1.82) is 0 Å². The molecule has 0 aliphatic heterocycles. The minimum atomic E-state index is 0.531. The van der Waals surface area contributed by atoms with Gasteiger partial charge in [-0.3, -0.25) is 0 Å². The molecule has 1 aliphatic rings. The average Bonchev–Trinajstić information content (AvgIpc) is 2.03. The van der Waals surface area contributed by atoms with Crippen molar-refractivity contribution >= 4 is 0 Å². The lowest BCUT2D eigenvalue weighted by Gasteiger charge is -2.01. The van der Waals surface area contributed by atoms with Crippen molar-refractivity contribution in [3.05, 3.63) is 24.0 Å². The molecule has 0 aromatic rings. The van der Waals surface area contributed by atoms with E-state index in [1.807, 2.05) is 12.2 Å². The lowest BCUT2D eigenvalue weighted by atomic mass is 10.1. The molecular weight excluding hydrogens is 136 g/mol. The quantitative estimate of drug-likeness (QED) is 0.564. The van der Waals surface area contributed by atoms with E-state index in [-0.39, 0.29) is 0 Å². The van der Waals surface area contributed by atoms with Crippen LogP contribution in [0.15, 0.2) is 24.0 Å². The Morgan fingerprint density at radius 2 is 1.91 bits per heavy atom. The predicted octanol–water partition coefficient (Wildman–Crippen LogP) is 3.34. The molecule has 1 heteroatoms. The maximum atomic E-state index is 9.24. The zero-order valence-corrected chi connectivity index (χ0v) is 6.92. The number of hydrogen-bond acceptors (Lipinski definition) is 1. The van der Waals surface area contributed by atoms with Crippen molar-refractivity contribution in [1.82, 2.24) is 0 Å². The molecule has 0 aromatic heterocycles. The number of aliphatic hydroxyl groups is 1. The SMILES string of the molecule is O/C1=C/C=C\CCCCCC1. The van der Waals surface area contributed by atoms with Crippen molar-refractivity contribution in [2.75, 3.05) is 0 Å². The Kier molecular flexibility index (Phi) is 3.81. The van der Waals surface area contributed by atoms with Crippen LogP contribution < -0.4 is 0 Å². The van der Waals surface area contributed by atoms with Gasteiger partial charge >= 0.3 is 0 Å². The fraction of sp³-hybridized carbons (Fsp3) is 0.600. The molecule has 1 nitrogen and oxygen atoms in total. The molecule has 11 heavy (non-hydrogen) atoms. The Hall–Kier alpha value is -0.720. The molecule has 0 fully saturated rings. The first kappa shape index (κ1) is 8.38. The van der Waals surface area contributed by atoms with E-state index in [1.54, 1.807) is 0 Å². The molecule has 0 radical (unpaired) electrons. The second-order valence-electron chi connectivity index (χ2n) is 3.04. The van der Waals surface area contributed by atoms with E-state index in [4.69, 9.17) is 0 Å². The standard InChI is InChI=1S/C10H16O/c11-10-8-6-4-2-1-3-5-7-9-10/h4,6,8,11H,1-3,5,7,9H2/b6-4-,10-8+. The summed E-state index contributed by atoms with van der Waals surface area (Å²) in [6.07, 6.45) is 12.9. The van der Waals surface area contributed by atoms with Gasteiger partial charge < -0.3 is 5.11 Å². The molecule has 0 spiro atoms. The molecular formula is C10H16O. The highest BCUT2D eigenvalue weighted by atomic mass is 16.3. The van der Waals surface area contributed by atoms with E-state index in [9.17, 15) is 5.11 Å². The maximum absolute atomic E-state index is 9.24. The number of rotatable bonds is 0. The Bertz CT molecular complexity index is 156. The molecule has 1 aliphatic carbocycles. The minimum Gasteiger partial charge on any atom is -0.512 e. The van der Waals surface area contributed by atoms with Crippen LogP contribution in [-0.2, 0) is 0 Å². The van der Waals surface area contributed by atoms with Gasteiger partial charge in [0.2, 0.25) is 0 Å². The van der Waals surface area contributed by atoms with Crippen molar-refractivity contribution in [3.63, 3.8) is 0 Å². The van der Waals surface area contributed by atoms with Gasteiger partial charge in [0.25, 0.3) is 0 Å². The predicted molar refractivity (Wildman–Crippen MR) is 47.6 cm³/mol. The summed E-state index contributed by atoms with van der Waals surface area (Å²) in [6, 6.07) is 0. The molecule has 0 atom stereocenters. The molecule has 1 N–H and O–H groups in total.